The van der Waals surface area contributed by atoms with Crippen molar-refractivity contribution in [3.05, 3.63) is 55.4 Å². The van der Waals surface area contributed by atoms with Crippen molar-refractivity contribution >= 4 is 23.2 Å². The molecule has 0 amide bonds. The Morgan fingerprint density at radius 3 is 2.64 bits per heavy atom. The molecule has 0 saturated carbocycles. The number of carbonyl (C=O) groups excluding carboxylic acids is 1. The SMILES string of the molecule is CCCn1c(N)c(C(=O)COc2ccc(F)cc2Cl)c(=O)n(C)c1=O. The Morgan fingerprint density at radius 1 is 1.36 bits per heavy atom. The highest BCUT2D eigenvalue weighted by atomic mass is 35.5. The summed E-state index contributed by atoms with van der Waals surface area (Å²) in [6.07, 6.45) is 0.595. The lowest BCUT2D eigenvalue weighted by molar-refractivity contribution is 0.0919. The molecule has 0 aliphatic carbocycles. The van der Waals surface area contributed by atoms with Crippen LogP contribution in [-0.4, -0.2) is 21.5 Å². The zero-order valence-corrected chi connectivity index (χ0v) is 14.5. The van der Waals surface area contributed by atoms with E-state index in [0.717, 1.165) is 16.7 Å². The minimum Gasteiger partial charge on any atom is -0.484 e. The van der Waals surface area contributed by atoms with Crippen LogP contribution >= 0.6 is 11.6 Å². The van der Waals surface area contributed by atoms with Crippen molar-refractivity contribution in [2.75, 3.05) is 12.3 Å². The molecule has 0 radical (unpaired) electrons. The maximum Gasteiger partial charge on any atom is 0.332 e. The molecule has 25 heavy (non-hydrogen) atoms. The Bertz CT molecular complexity index is 936. The van der Waals surface area contributed by atoms with Crippen molar-refractivity contribution in [2.24, 2.45) is 7.05 Å². The Hall–Kier alpha value is -2.61. The monoisotopic (exact) mass is 369 g/mol. The van der Waals surface area contributed by atoms with Gasteiger partial charge in [0.05, 0.1) is 5.02 Å². The van der Waals surface area contributed by atoms with Crippen LogP contribution < -0.4 is 21.7 Å². The first kappa shape index (κ1) is 18.7. The molecule has 134 valence electrons. The van der Waals surface area contributed by atoms with Crippen LogP contribution in [0.1, 0.15) is 23.7 Å². The van der Waals surface area contributed by atoms with Crippen molar-refractivity contribution in [2.45, 2.75) is 19.9 Å². The second kappa shape index (κ2) is 7.52. The molecular formula is C16H17ClFN3O4. The second-order valence-corrected chi connectivity index (χ2v) is 5.75. The third-order valence-corrected chi connectivity index (χ3v) is 3.86. The molecule has 1 aromatic heterocycles. The van der Waals surface area contributed by atoms with Gasteiger partial charge >= 0.3 is 5.69 Å². The number of hydrogen-bond acceptors (Lipinski definition) is 5. The lowest BCUT2D eigenvalue weighted by Gasteiger charge is -2.14. The minimum atomic E-state index is -0.798. The van der Waals surface area contributed by atoms with E-state index < -0.39 is 29.5 Å². The fourth-order valence-electron chi connectivity index (χ4n) is 2.29. The summed E-state index contributed by atoms with van der Waals surface area (Å²) in [4.78, 5) is 36.7. The molecule has 0 bridgehead atoms. The van der Waals surface area contributed by atoms with Gasteiger partial charge < -0.3 is 10.5 Å². The molecule has 1 aromatic carbocycles. The van der Waals surface area contributed by atoms with Crippen molar-refractivity contribution in [1.29, 1.82) is 0 Å². The van der Waals surface area contributed by atoms with Crippen LogP contribution in [0, 0.1) is 5.82 Å². The molecule has 0 aliphatic rings. The van der Waals surface area contributed by atoms with E-state index in [4.69, 9.17) is 22.1 Å². The number of nitrogens with zero attached hydrogens (tertiary/aromatic N) is 2. The maximum atomic E-state index is 13.0. The number of benzene rings is 1. The number of hydrogen-bond donors (Lipinski definition) is 1. The Balaban J connectivity index is 2.36. The van der Waals surface area contributed by atoms with E-state index in [0.29, 0.717) is 6.42 Å². The zero-order chi connectivity index (χ0) is 18.7. The van der Waals surface area contributed by atoms with Crippen molar-refractivity contribution in [3.63, 3.8) is 0 Å². The quantitative estimate of drug-likeness (QED) is 0.780. The Morgan fingerprint density at radius 2 is 2.04 bits per heavy atom. The smallest absolute Gasteiger partial charge is 0.332 e. The predicted octanol–water partition coefficient (Wildman–Crippen LogP) is 1.59. The summed E-state index contributed by atoms with van der Waals surface area (Å²) in [6, 6.07) is 3.43. The van der Waals surface area contributed by atoms with Crippen molar-refractivity contribution < 1.29 is 13.9 Å². The fourth-order valence-corrected chi connectivity index (χ4v) is 2.51. The van der Waals surface area contributed by atoms with E-state index in [1.807, 2.05) is 6.92 Å². The highest BCUT2D eigenvalue weighted by Gasteiger charge is 2.22. The molecule has 0 fully saturated rings. The molecule has 2 aromatic rings. The maximum absolute atomic E-state index is 13.0. The van der Waals surface area contributed by atoms with Crippen LogP contribution in [0.3, 0.4) is 0 Å². The van der Waals surface area contributed by atoms with Crippen LogP contribution in [0.15, 0.2) is 27.8 Å². The third kappa shape index (κ3) is 3.74. The molecule has 2 rings (SSSR count). The van der Waals surface area contributed by atoms with Gasteiger partial charge in [0.1, 0.15) is 22.9 Å². The lowest BCUT2D eigenvalue weighted by Crippen LogP contribution is -2.43. The average molecular weight is 370 g/mol. The van der Waals surface area contributed by atoms with Gasteiger partial charge in [-0.1, -0.05) is 18.5 Å². The standard InChI is InChI=1S/C16H17ClFN3O4/c1-3-6-21-14(19)13(15(23)20(2)16(21)24)11(22)8-25-12-5-4-9(18)7-10(12)17/h4-5,7H,3,6,8,19H2,1-2H3. The van der Waals surface area contributed by atoms with Gasteiger partial charge in [0.15, 0.2) is 6.61 Å². The lowest BCUT2D eigenvalue weighted by atomic mass is 10.2. The number of carbonyl (C=O) groups is 1. The van der Waals surface area contributed by atoms with E-state index in [2.05, 4.69) is 0 Å². The van der Waals surface area contributed by atoms with E-state index in [1.54, 1.807) is 0 Å². The fraction of sp³-hybridized carbons (Fsp3) is 0.312. The van der Waals surface area contributed by atoms with Crippen LogP contribution in [0.25, 0.3) is 0 Å². The van der Waals surface area contributed by atoms with Gasteiger partial charge in [0, 0.05) is 13.6 Å². The first-order valence-electron chi connectivity index (χ1n) is 7.48. The van der Waals surface area contributed by atoms with E-state index >= 15 is 0 Å². The van der Waals surface area contributed by atoms with Crippen LogP contribution in [-0.2, 0) is 13.6 Å². The number of rotatable bonds is 6. The van der Waals surface area contributed by atoms with Gasteiger partial charge in [-0.3, -0.25) is 18.7 Å². The number of Topliss-reactive ketones (excluding diaryl/α,β-unsaturated/α-hetero) is 1. The Labute approximate surface area is 147 Å². The van der Waals surface area contributed by atoms with E-state index in [9.17, 15) is 18.8 Å². The number of nitrogens with two attached hydrogens (primary N) is 1. The number of anilines is 1. The molecule has 1 heterocycles. The number of ketones is 1. The molecule has 0 spiro atoms. The van der Waals surface area contributed by atoms with Gasteiger partial charge in [-0.15, -0.1) is 0 Å². The van der Waals surface area contributed by atoms with Crippen molar-refractivity contribution in [3.8, 4) is 5.75 Å². The molecule has 0 atom stereocenters. The number of aromatic nitrogens is 2. The summed E-state index contributed by atoms with van der Waals surface area (Å²) in [5.41, 5.74) is 4.14. The van der Waals surface area contributed by atoms with Crippen LogP contribution in [0.2, 0.25) is 5.02 Å². The minimum absolute atomic E-state index is 0.00960. The zero-order valence-electron chi connectivity index (χ0n) is 13.7. The van der Waals surface area contributed by atoms with Gasteiger partial charge in [0.2, 0.25) is 5.78 Å². The summed E-state index contributed by atoms with van der Waals surface area (Å²) < 4.78 is 20.3. The van der Waals surface area contributed by atoms with E-state index in [1.165, 1.54) is 17.7 Å². The topological polar surface area (TPSA) is 96.3 Å². The normalized spacial score (nSPS) is 10.7. The van der Waals surface area contributed by atoms with Crippen molar-refractivity contribution in [1.82, 2.24) is 9.13 Å². The molecule has 0 aliphatic heterocycles. The molecule has 2 N–H and O–H groups in total. The summed E-state index contributed by atoms with van der Waals surface area (Å²) in [6.45, 7) is 1.57. The highest BCUT2D eigenvalue weighted by molar-refractivity contribution is 6.32. The van der Waals surface area contributed by atoms with E-state index in [-0.39, 0.29) is 28.7 Å². The summed E-state index contributed by atoms with van der Waals surface area (Å²) in [5.74, 6) is -1.36. The average Bonchev–Trinajstić information content (AvgIpc) is 2.56. The first-order valence-corrected chi connectivity index (χ1v) is 7.86. The van der Waals surface area contributed by atoms with Crippen LogP contribution in [0.4, 0.5) is 10.2 Å². The summed E-state index contributed by atoms with van der Waals surface area (Å²) in [5, 5.41) is -0.00960. The molecule has 9 heteroatoms. The number of halogens is 2. The number of ether oxygens (including phenoxy) is 1. The Kier molecular flexibility index (Phi) is 5.63. The predicted molar refractivity (Wildman–Crippen MR) is 91.9 cm³/mol. The molecule has 7 nitrogen and oxygen atoms in total. The summed E-state index contributed by atoms with van der Waals surface area (Å²) in [7, 11) is 1.27. The number of nitrogen functional groups attached to an aromatic ring is 1. The summed E-state index contributed by atoms with van der Waals surface area (Å²) >= 11 is 5.82. The van der Waals surface area contributed by atoms with Gasteiger partial charge in [-0.2, -0.15) is 0 Å². The van der Waals surface area contributed by atoms with Gasteiger partial charge in [-0.05, 0) is 24.6 Å². The highest BCUT2D eigenvalue weighted by Crippen LogP contribution is 2.25. The van der Waals surface area contributed by atoms with Crippen LogP contribution in [0.5, 0.6) is 5.75 Å². The molecule has 0 unspecified atom stereocenters. The third-order valence-electron chi connectivity index (χ3n) is 3.56. The largest absolute Gasteiger partial charge is 0.484 e. The molecular weight excluding hydrogens is 353 g/mol. The second-order valence-electron chi connectivity index (χ2n) is 5.35. The van der Waals surface area contributed by atoms with Gasteiger partial charge in [-0.25, -0.2) is 9.18 Å². The molecule has 0 saturated heterocycles. The van der Waals surface area contributed by atoms with Gasteiger partial charge in [0.25, 0.3) is 5.56 Å². The first-order chi connectivity index (χ1) is 11.8.